The van der Waals surface area contributed by atoms with Crippen LogP contribution in [0.5, 0.6) is 0 Å². The average Bonchev–Trinajstić information content (AvgIpc) is 1.96. The molecule has 0 atom stereocenters. The van der Waals surface area contributed by atoms with Crippen molar-refractivity contribution in [2.24, 2.45) is 0 Å². The molecule has 1 N–H and O–H groups in total. The highest BCUT2D eigenvalue weighted by atomic mass is 19.3. The number of nitrogens with zero attached hydrogens (tertiary/aromatic N) is 1. The van der Waals surface area contributed by atoms with Gasteiger partial charge in [0.05, 0.1) is 13.1 Å². The molecule has 0 aromatic heterocycles. The molecule has 6 heteroatoms. The number of carbonyl (C=O) groups excluding carboxylic acids is 1. The van der Waals surface area contributed by atoms with E-state index in [2.05, 4.69) is 5.32 Å². The van der Waals surface area contributed by atoms with Crippen LogP contribution >= 0.6 is 0 Å². The highest BCUT2D eigenvalue weighted by molar-refractivity contribution is 5.67. The molecule has 16 heavy (non-hydrogen) atoms. The van der Waals surface area contributed by atoms with E-state index in [4.69, 9.17) is 4.74 Å². The molecule has 1 rings (SSSR count). The zero-order valence-corrected chi connectivity index (χ0v) is 9.85. The summed E-state index contributed by atoms with van der Waals surface area (Å²) in [6, 6.07) is 0. The van der Waals surface area contributed by atoms with Crippen LogP contribution in [0, 0.1) is 0 Å². The maximum absolute atomic E-state index is 12.4. The highest BCUT2D eigenvalue weighted by Gasteiger charge is 2.43. The minimum Gasteiger partial charge on any atom is -0.444 e. The van der Waals surface area contributed by atoms with Crippen LogP contribution < -0.4 is 5.32 Å². The Bertz CT molecular complexity index is 256. The second-order valence-corrected chi connectivity index (χ2v) is 5.00. The van der Waals surface area contributed by atoms with Gasteiger partial charge < -0.3 is 10.1 Å². The van der Waals surface area contributed by atoms with Gasteiger partial charge >= 0.3 is 6.09 Å². The van der Waals surface area contributed by atoms with Gasteiger partial charge in [-0.1, -0.05) is 0 Å². The molecule has 0 saturated carbocycles. The van der Waals surface area contributed by atoms with Gasteiger partial charge in [-0.15, -0.1) is 0 Å². The highest BCUT2D eigenvalue weighted by Crippen LogP contribution is 2.25. The molecule has 0 spiro atoms. The number of rotatable bonds is 3. The number of hydrogen-bond acceptors (Lipinski definition) is 3. The van der Waals surface area contributed by atoms with E-state index in [0.717, 1.165) is 0 Å². The van der Waals surface area contributed by atoms with Crippen LogP contribution in [0.2, 0.25) is 0 Å². The lowest BCUT2D eigenvalue weighted by Crippen LogP contribution is -2.57. The predicted octanol–water partition coefficient (Wildman–Crippen LogP) is 1.46. The van der Waals surface area contributed by atoms with Gasteiger partial charge in [0.15, 0.2) is 0 Å². The number of likely N-dealkylation sites (tertiary alicyclic amines) is 1. The standard InChI is InChI=1S/C10H18F2N2O2/c1-9(2,3)16-8(15)13-4-5-14-6-10(11,12)7-14/h4-7H2,1-3H3,(H,13,15). The second-order valence-electron chi connectivity index (χ2n) is 5.00. The number of alkyl carbamates (subject to hydrolysis) is 1. The lowest BCUT2D eigenvalue weighted by atomic mass is 10.1. The van der Waals surface area contributed by atoms with E-state index in [1.54, 1.807) is 25.7 Å². The van der Waals surface area contributed by atoms with Crippen LogP contribution in [-0.2, 0) is 4.74 Å². The molecular formula is C10H18F2N2O2. The first-order valence-corrected chi connectivity index (χ1v) is 5.25. The van der Waals surface area contributed by atoms with Crippen molar-refractivity contribution in [2.45, 2.75) is 32.3 Å². The molecule has 1 amide bonds. The molecule has 1 aliphatic heterocycles. The number of ether oxygens (including phenoxy) is 1. The number of amides is 1. The van der Waals surface area contributed by atoms with Crippen molar-refractivity contribution in [2.75, 3.05) is 26.2 Å². The molecule has 1 fully saturated rings. The Labute approximate surface area is 93.9 Å². The van der Waals surface area contributed by atoms with Crippen molar-refractivity contribution >= 4 is 6.09 Å². The summed E-state index contributed by atoms with van der Waals surface area (Å²) in [6.45, 7) is 5.61. The van der Waals surface area contributed by atoms with Gasteiger partial charge in [-0.3, -0.25) is 4.90 Å². The summed E-state index contributed by atoms with van der Waals surface area (Å²) < 4.78 is 29.9. The monoisotopic (exact) mass is 236 g/mol. The molecule has 1 aliphatic rings. The molecule has 1 saturated heterocycles. The van der Waals surface area contributed by atoms with Crippen molar-refractivity contribution < 1.29 is 18.3 Å². The van der Waals surface area contributed by atoms with E-state index in [0.29, 0.717) is 13.1 Å². The number of halogens is 2. The Balaban J connectivity index is 2.06. The van der Waals surface area contributed by atoms with Crippen LogP contribution in [-0.4, -0.2) is 48.7 Å². The van der Waals surface area contributed by atoms with Crippen molar-refractivity contribution in [1.29, 1.82) is 0 Å². The molecular weight excluding hydrogens is 218 g/mol. The molecule has 0 radical (unpaired) electrons. The number of hydrogen-bond donors (Lipinski definition) is 1. The normalized spacial score (nSPS) is 20.1. The Morgan fingerprint density at radius 2 is 2.00 bits per heavy atom. The predicted molar refractivity (Wildman–Crippen MR) is 55.6 cm³/mol. The second kappa shape index (κ2) is 4.53. The topological polar surface area (TPSA) is 41.6 Å². The molecule has 0 bridgehead atoms. The van der Waals surface area contributed by atoms with Crippen LogP contribution in [0.1, 0.15) is 20.8 Å². The minimum atomic E-state index is -2.55. The molecule has 4 nitrogen and oxygen atoms in total. The average molecular weight is 236 g/mol. The quantitative estimate of drug-likeness (QED) is 0.806. The fourth-order valence-electron chi connectivity index (χ4n) is 1.40. The van der Waals surface area contributed by atoms with E-state index in [1.807, 2.05) is 0 Å². The molecule has 0 unspecified atom stereocenters. The maximum Gasteiger partial charge on any atom is 0.407 e. The fourth-order valence-corrected chi connectivity index (χ4v) is 1.40. The SMILES string of the molecule is CC(C)(C)OC(=O)NCCN1CC(F)(F)C1. The van der Waals surface area contributed by atoms with Crippen molar-refractivity contribution in [3.05, 3.63) is 0 Å². The Hall–Kier alpha value is -0.910. The van der Waals surface area contributed by atoms with Gasteiger partial charge in [0.25, 0.3) is 5.92 Å². The Morgan fingerprint density at radius 1 is 1.44 bits per heavy atom. The Kier molecular flexibility index (Phi) is 3.72. The summed E-state index contributed by atoms with van der Waals surface area (Å²) in [7, 11) is 0. The van der Waals surface area contributed by atoms with Gasteiger partial charge in [-0.2, -0.15) is 0 Å². The van der Waals surface area contributed by atoms with E-state index >= 15 is 0 Å². The number of nitrogens with one attached hydrogen (secondary N) is 1. The van der Waals surface area contributed by atoms with E-state index in [1.165, 1.54) is 0 Å². The summed E-state index contributed by atoms with van der Waals surface area (Å²) in [5, 5.41) is 2.52. The van der Waals surface area contributed by atoms with Crippen molar-refractivity contribution in [1.82, 2.24) is 10.2 Å². The summed E-state index contributed by atoms with van der Waals surface area (Å²) in [4.78, 5) is 12.8. The van der Waals surface area contributed by atoms with Crippen LogP contribution in [0.4, 0.5) is 13.6 Å². The zero-order chi connectivity index (χ0) is 12.4. The number of carbonyl (C=O) groups is 1. The fraction of sp³-hybridized carbons (Fsp3) is 0.900. The minimum absolute atomic E-state index is 0.219. The van der Waals surface area contributed by atoms with Gasteiger partial charge in [0, 0.05) is 13.1 Å². The van der Waals surface area contributed by atoms with Crippen molar-refractivity contribution in [3.63, 3.8) is 0 Å². The molecule has 1 heterocycles. The smallest absolute Gasteiger partial charge is 0.407 e. The van der Waals surface area contributed by atoms with Crippen LogP contribution in [0.15, 0.2) is 0 Å². The Morgan fingerprint density at radius 3 is 2.44 bits per heavy atom. The van der Waals surface area contributed by atoms with Gasteiger partial charge in [0.2, 0.25) is 0 Å². The first kappa shape index (κ1) is 13.2. The zero-order valence-electron chi connectivity index (χ0n) is 9.85. The first-order chi connectivity index (χ1) is 7.18. The molecule has 0 aromatic carbocycles. The van der Waals surface area contributed by atoms with Crippen molar-refractivity contribution in [3.8, 4) is 0 Å². The van der Waals surface area contributed by atoms with E-state index < -0.39 is 17.6 Å². The number of alkyl halides is 2. The molecule has 0 aliphatic carbocycles. The van der Waals surface area contributed by atoms with Gasteiger partial charge in [0.1, 0.15) is 5.60 Å². The van der Waals surface area contributed by atoms with Crippen LogP contribution in [0.3, 0.4) is 0 Å². The van der Waals surface area contributed by atoms with E-state index in [9.17, 15) is 13.6 Å². The lowest BCUT2D eigenvalue weighted by molar-refractivity contribution is -0.129. The largest absolute Gasteiger partial charge is 0.444 e. The molecule has 94 valence electrons. The summed E-state index contributed by atoms with van der Waals surface area (Å²) in [5.41, 5.74) is -0.534. The van der Waals surface area contributed by atoms with E-state index in [-0.39, 0.29) is 13.1 Å². The van der Waals surface area contributed by atoms with Gasteiger partial charge in [-0.25, -0.2) is 13.6 Å². The van der Waals surface area contributed by atoms with Gasteiger partial charge in [-0.05, 0) is 20.8 Å². The third-order valence-corrected chi connectivity index (χ3v) is 2.01. The summed E-state index contributed by atoms with van der Waals surface area (Å²) in [6.07, 6.45) is -0.514. The third kappa shape index (κ3) is 4.74. The summed E-state index contributed by atoms with van der Waals surface area (Å²) in [5.74, 6) is -2.55. The maximum atomic E-state index is 12.4. The lowest BCUT2D eigenvalue weighted by Gasteiger charge is -2.38. The summed E-state index contributed by atoms with van der Waals surface area (Å²) >= 11 is 0. The van der Waals surface area contributed by atoms with Crippen LogP contribution in [0.25, 0.3) is 0 Å². The molecule has 0 aromatic rings. The first-order valence-electron chi connectivity index (χ1n) is 5.25. The third-order valence-electron chi connectivity index (χ3n) is 2.01.